The Morgan fingerprint density at radius 3 is 1.93 bits per heavy atom. The minimum atomic E-state index is -5.08. The highest BCUT2D eigenvalue weighted by Gasteiger charge is 2.50. The number of carbonyl (C=O) groups is 2. The highest BCUT2D eigenvalue weighted by atomic mass is 32.2. The molecule has 0 aliphatic carbocycles. The average molecular weight is 623 g/mol. The van der Waals surface area contributed by atoms with E-state index in [1.165, 1.54) is 6.07 Å². The summed E-state index contributed by atoms with van der Waals surface area (Å²) in [5.41, 5.74) is 3.49. The number of hydrogen-bond acceptors (Lipinski definition) is 6. The van der Waals surface area contributed by atoms with Gasteiger partial charge in [0.25, 0.3) is 0 Å². The van der Waals surface area contributed by atoms with Crippen LogP contribution in [-0.2, 0) is 26.0 Å². The van der Waals surface area contributed by atoms with Crippen molar-refractivity contribution in [1.29, 1.82) is 0 Å². The number of carboxylic acids is 2. The summed E-state index contributed by atoms with van der Waals surface area (Å²) < 4.78 is 104. The second-order valence-corrected chi connectivity index (χ2v) is 11.2. The molecule has 0 spiro atoms. The Morgan fingerprint density at radius 1 is 0.857 bits per heavy atom. The highest BCUT2D eigenvalue weighted by molar-refractivity contribution is 7.92. The number of nitrogens with zero attached hydrogens (tertiary/aromatic N) is 2. The van der Waals surface area contributed by atoms with Gasteiger partial charge in [-0.3, -0.25) is 9.88 Å². The van der Waals surface area contributed by atoms with Crippen LogP contribution in [0.1, 0.15) is 17.0 Å². The molecule has 2 aliphatic heterocycles. The van der Waals surface area contributed by atoms with Crippen molar-refractivity contribution < 1.29 is 59.0 Å². The molecule has 0 saturated carbocycles. The second-order valence-electron chi connectivity index (χ2n) is 9.07. The van der Waals surface area contributed by atoms with Crippen LogP contribution in [-0.4, -0.2) is 71.1 Å². The van der Waals surface area contributed by atoms with Crippen molar-refractivity contribution in [2.75, 3.05) is 13.1 Å². The highest BCUT2D eigenvalue weighted by Crippen LogP contribution is 2.46. The average Bonchev–Trinajstić information content (AvgIpc) is 3.42. The van der Waals surface area contributed by atoms with Crippen molar-refractivity contribution in [3.05, 3.63) is 83.9 Å². The molecule has 5 rings (SSSR count). The van der Waals surface area contributed by atoms with Gasteiger partial charge in [-0.1, -0.05) is 24.3 Å². The molecule has 16 heteroatoms. The van der Waals surface area contributed by atoms with Gasteiger partial charge in [0.05, 0.1) is 10.1 Å². The van der Waals surface area contributed by atoms with E-state index in [0.717, 1.165) is 16.7 Å². The second kappa shape index (κ2) is 12.4. The van der Waals surface area contributed by atoms with Crippen molar-refractivity contribution in [3.8, 4) is 11.1 Å². The molecule has 3 aromatic rings. The van der Waals surface area contributed by atoms with E-state index in [1.807, 2.05) is 35.2 Å². The van der Waals surface area contributed by atoms with Crippen LogP contribution >= 0.6 is 0 Å². The molecule has 2 aromatic carbocycles. The van der Waals surface area contributed by atoms with E-state index in [1.54, 1.807) is 30.6 Å². The van der Waals surface area contributed by atoms with E-state index >= 15 is 0 Å². The summed E-state index contributed by atoms with van der Waals surface area (Å²) in [5.74, 6) is -5.84. The number of halogens is 7. The van der Waals surface area contributed by atoms with E-state index in [0.29, 0.717) is 30.1 Å². The van der Waals surface area contributed by atoms with Crippen molar-refractivity contribution in [2.24, 2.45) is 0 Å². The number of benzene rings is 2. The van der Waals surface area contributed by atoms with Gasteiger partial charge < -0.3 is 10.2 Å². The molecule has 2 atom stereocenters. The minimum Gasteiger partial charge on any atom is -0.475 e. The lowest BCUT2D eigenvalue weighted by Gasteiger charge is -2.18. The first-order valence-electron chi connectivity index (χ1n) is 11.8. The number of sulfone groups is 1. The van der Waals surface area contributed by atoms with E-state index in [-0.39, 0.29) is 11.7 Å². The minimum absolute atomic E-state index is 0.0754. The van der Waals surface area contributed by atoms with Crippen LogP contribution in [0.3, 0.4) is 0 Å². The maximum atomic E-state index is 14.0. The summed E-state index contributed by atoms with van der Waals surface area (Å²) in [4.78, 5) is 24.3. The lowest BCUT2D eigenvalue weighted by Crippen LogP contribution is -2.26. The number of carboxylic acid groups (broad SMARTS) is 2. The summed E-state index contributed by atoms with van der Waals surface area (Å²) in [6, 6.07) is 16.1. The summed E-state index contributed by atoms with van der Waals surface area (Å²) in [7, 11) is -3.37. The maximum Gasteiger partial charge on any atom is 0.490 e. The first kappa shape index (κ1) is 32.5. The predicted molar refractivity (Wildman–Crippen MR) is 132 cm³/mol. The lowest BCUT2D eigenvalue weighted by atomic mass is 9.95. The van der Waals surface area contributed by atoms with Gasteiger partial charge in [-0.15, -0.1) is 0 Å². The van der Waals surface area contributed by atoms with Gasteiger partial charge >= 0.3 is 24.3 Å². The normalized spacial score (nSPS) is 18.9. The van der Waals surface area contributed by atoms with Gasteiger partial charge in [0.2, 0.25) is 0 Å². The van der Waals surface area contributed by atoms with E-state index in [2.05, 4.69) is 4.98 Å². The van der Waals surface area contributed by atoms with Gasteiger partial charge in [-0.05, 0) is 47.0 Å². The summed E-state index contributed by atoms with van der Waals surface area (Å²) in [5, 5.41) is 13.8. The van der Waals surface area contributed by atoms with E-state index in [4.69, 9.17) is 19.8 Å². The molecular weight excluding hydrogens is 601 g/mol. The first-order valence-corrected chi connectivity index (χ1v) is 13.3. The Bertz CT molecular complexity index is 1520. The van der Waals surface area contributed by atoms with Crippen LogP contribution < -0.4 is 0 Å². The fraction of sp³-hybridized carbons (Fsp3) is 0.269. The Balaban J connectivity index is 0.000000289. The Kier molecular flexibility index (Phi) is 9.62. The summed E-state index contributed by atoms with van der Waals surface area (Å²) >= 11 is 0. The molecule has 42 heavy (non-hydrogen) atoms. The molecule has 1 saturated heterocycles. The summed E-state index contributed by atoms with van der Waals surface area (Å²) in [6.45, 7) is 1.47. The molecule has 3 heterocycles. The molecule has 1 aromatic heterocycles. The molecule has 0 amide bonds. The Hall–Kier alpha value is -4.05. The van der Waals surface area contributed by atoms with Crippen LogP contribution in [0.2, 0.25) is 0 Å². The Labute approximate surface area is 234 Å². The number of aromatic nitrogens is 1. The molecule has 2 aliphatic rings. The molecule has 8 nitrogen and oxygen atoms in total. The first-order chi connectivity index (χ1) is 19.4. The van der Waals surface area contributed by atoms with Crippen LogP contribution in [0.5, 0.6) is 0 Å². The molecular formula is C26H21F7N2O6S. The molecule has 226 valence electrons. The third-order valence-electron chi connectivity index (χ3n) is 6.31. The number of fused-ring (bicyclic) bond motifs is 3. The topological polar surface area (TPSA) is 125 Å². The summed E-state index contributed by atoms with van der Waals surface area (Å²) in [6.07, 6.45) is -6.71. The zero-order valence-corrected chi connectivity index (χ0v) is 21.9. The standard InChI is InChI=1S/C22H19FN2O2S.2C2HF3O2/c23-20-4-2-1-3-17(20)12-25-13-19-18-11-16(15-7-9-24-10-8-15)5-6-21(18)28(26,27)22(19)14-25;2*3-2(4,5)1(6)7/h1-11,19,22H,12-14H2;2*(H,6,7). The van der Waals surface area contributed by atoms with Crippen LogP contribution in [0.15, 0.2) is 71.9 Å². The lowest BCUT2D eigenvalue weighted by molar-refractivity contribution is -0.193. The number of aliphatic carboxylic acids is 2. The number of alkyl halides is 6. The zero-order valence-electron chi connectivity index (χ0n) is 21.1. The third kappa shape index (κ3) is 7.61. The number of pyridine rings is 1. The van der Waals surface area contributed by atoms with Gasteiger partial charge in [0, 0.05) is 43.5 Å². The van der Waals surface area contributed by atoms with E-state index in [9.17, 15) is 39.2 Å². The van der Waals surface area contributed by atoms with Crippen molar-refractivity contribution in [1.82, 2.24) is 9.88 Å². The predicted octanol–water partition coefficient (Wildman–Crippen LogP) is 4.91. The quantitative estimate of drug-likeness (QED) is 0.395. The van der Waals surface area contributed by atoms with Crippen LogP contribution in [0.4, 0.5) is 30.7 Å². The molecule has 0 radical (unpaired) electrons. The number of rotatable bonds is 3. The van der Waals surface area contributed by atoms with Crippen LogP contribution in [0, 0.1) is 5.82 Å². The van der Waals surface area contributed by atoms with Crippen molar-refractivity contribution in [3.63, 3.8) is 0 Å². The third-order valence-corrected chi connectivity index (χ3v) is 8.57. The number of hydrogen-bond donors (Lipinski definition) is 2. The SMILES string of the molecule is O=C(O)C(F)(F)F.O=C(O)C(F)(F)F.O=S1(=O)c2ccc(-c3ccncc3)cc2C2CN(Cc3ccccc3F)CC21. The van der Waals surface area contributed by atoms with E-state index < -0.39 is 39.4 Å². The zero-order chi connectivity index (χ0) is 31.5. The smallest absolute Gasteiger partial charge is 0.475 e. The fourth-order valence-corrected chi connectivity index (χ4v) is 6.64. The molecule has 2 N–H and O–H groups in total. The van der Waals surface area contributed by atoms with Gasteiger partial charge in [0.1, 0.15) is 5.82 Å². The molecule has 1 fully saturated rings. The van der Waals surface area contributed by atoms with Crippen molar-refractivity contribution in [2.45, 2.75) is 35.0 Å². The number of likely N-dealkylation sites (tertiary alicyclic amines) is 1. The largest absolute Gasteiger partial charge is 0.490 e. The van der Waals surface area contributed by atoms with Gasteiger partial charge in [-0.25, -0.2) is 22.4 Å². The van der Waals surface area contributed by atoms with Crippen molar-refractivity contribution >= 4 is 21.8 Å². The maximum absolute atomic E-state index is 14.0. The monoisotopic (exact) mass is 622 g/mol. The van der Waals surface area contributed by atoms with Gasteiger partial charge in [0.15, 0.2) is 9.84 Å². The Morgan fingerprint density at radius 2 is 1.40 bits per heavy atom. The van der Waals surface area contributed by atoms with Gasteiger partial charge in [-0.2, -0.15) is 26.3 Å². The fourth-order valence-electron chi connectivity index (χ4n) is 4.45. The molecule has 0 bridgehead atoms. The van der Waals surface area contributed by atoms with Crippen LogP contribution in [0.25, 0.3) is 11.1 Å². The molecule has 2 unspecified atom stereocenters.